The van der Waals surface area contributed by atoms with Crippen molar-refractivity contribution in [3.8, 4) is 0 Å². The van der Waals surface area contributed by atoms with E-state index in [4.69, 9.17) is 4.74 Å². The van der Waals surface area contributed by atoms with Crippen LogP contribution < -0.4 is 5.32 Å². The fourth-order valence-electron chi connectivity index (χ4n) is 2.87. The van der Waals surface area contributed by atoms with Crippen molar-refractivity contribution < 1.29 is 4.74 Å². The van der Waals surface area contributed by atoms with E-state index in [1.54, 1.807) is 0 Å². The van der Waals surface area contributed by atoms with E-state index in [0.29, 0.717) is 18.1 Å². The van der Waals surface area contributed by atoms with Crippen LogP contribution in [0.15, 0.2) is 16.6 Å². The van der Waals surface area contributed by atoms with Crippen molar-refractivity contribution >= 4 is 15.9 Å². The van der Waals surface area contributed by atoms with Crippen LogP contribution in [-0.4, -0.2) is 19.8 Å². The van der Waals surface area contributed by atoms with Crippen molar-refractivity contribution in [1.82, 2.24) is 5.32 Å². The monoisotopic (exact) mass is 311 g/mol. The van der Waals surface area contributed by atoms with Crippen LogP contribution in [-0.2, 0) is 4.74 Å². The summed E-state index contributed by atoms with van der Waals surface area (Å²) in [6, 6.07) is 4.90. The van der Waals surface area contributed by atoms with Gasteiger partial charge in [-0.25, -0.2) is 0 Å². The van der Waals surface area contributed by atoms with Crippen LogP contribution in [0.4, 0.5) is 0 Å². The Morgan fingerprint density at radius 1 is 1.33 bits per heavy atom. The lowest BCUT2D eigenvalue weighted by Crippen LogP contribution is -2.26. The van der Waals surface area contributed by atoms with Crippen LogP contribution in [0, 0.1) is 19.8 Å². The van der Waals surface area contributed by atoms with Gasteiger partial charge in [-0.3, -0.25) is 0 Å². The maximum Gasteiger partial charge on any atom is 0.0551 e. The van der Waals surface area contributed by atoms with Gasteiger partial charge in [0.05, 0.1) is 12.7 Å². The molecule has 3 heteroatoms. The third-order valence-corrected chi connectivity index (χ3v) is 4.75. The predicted molar refractivity (Wildman–Crippen MR) is 78.9 cm³/mol. The van der Waals surface area contributed by atoms with Crippen molar-refractivity contribution in [2.75, 3.05) is 13.7 Å². The molecule has 0 aromatic heterocycles. The number of hydrogen-bond acceptors (Lipinski definition) is 2. The van der Waals surface area contributed by atoms with Crippen LogP contribution in [0.1, 0.15) is 36.1 Å². The Hall–Kier alpha value is -0.380. The number of benzene rings is 1. The van der Waals surface area contributed by atoms with E-state index < -0.39 is 0 Å². The number of aryl methyl sites for hydroxylation is 2. The molecular formula is C15H22BrNO. The highest BCUT2D eigenvalue weighted by Gasteiger charge is 2.30. The van der Waals surface area contributed by atoms with Gasteiger partial charge in [-0.05, 0) is 57.0 Å². The molecule has 0 spiro atoms. The average Bonchev–Trinajstić information content (AvgIpc) is 2.73. The molecule has 3 unspecified atom stereocenters. The van der Waals surface area contributed by atoms with Crippen molar-refractivity contribution in [1.29, 1.82) is 0 Å². The number of rotatable bonds is 3. The first-order valence-electron chi connectivity index (χ1n) is 6.58. The van der Waals surface area contributed by atoms with E-state index in [1.165, 1.54) is 21.2 Å². The van der Waals surface area contributed by atoms with Crippen molar-refractivity contribution in [3.05, 3.63) is 33.3 Å². The number of ether oxygens (including phenoxy) is 1. The first kappa shape index (κ1) is 14.0. The van der Waals surface area contributed by atoms with Crippen molar-refractivity contribution in [3.63, 3.8) is 0 Å². The molecule has 1 heterocycles. The molecule has 1 aromatic carbocycles. The Balaban J connectivity index is 2.30. The molecule has 0 bridgehead atoms. The summed E-state index contributed by atoms with van der Waals surface area (Å²) in [5.74, 6) is 0.573. The van der Waals surface area contributed by atoms with Gasteiger partial charge in [0.25, 0.3) is 0 Å². The maximum atomic E-state index is 5.71. The minimum atomic E-state index is 0.391. The van der Waals surface area contributed by atoms with E-state index in [0.717, 1.165) is 13.0 Å². The smallest absolute Gasteiger partial charge is 0.0551 e. The molecule has 18 heavy (non-hydrogen) atoms. The topological polar surface area (TPSA) is 21.3 Å². The minimum absolute atomic E-state index is 0.391. The van der Waals surface area contributed by atoms with Gasteiger partial charge in [0.15, 0.2) is 0 Å². The van der Waals surface area contributed by atoms with Gasteiger partial charge in [0, 0.05) is 16.4 Å². The quantitative estimate of drug-likeness (QED) is 0.918. The van der Waals surface area contributed by atoms with Gasteiger partial charge < -0.3 is 10.1 Å². The molecule has 0 amide bonds. The summed E-state index contributed by atoms with van der Waals surface area (Å²) < 4.78 is 6.90. The Kier molecular flexibility index (Phi) is 4.46. The fraction of sp³-hybridized carbons (Fsp3) is 0.600. The van der Waals surface area contributed by atoms with E-state index >= 15 is 0 Å². The highest BCUT2D eigenvalue weighted by atomic mass is 79.9. The van der Waals surface area contributed by atoms with Crippen molar-refractivity contribution in [2.45, 2.75) is 39.3 Å². The Morgan fingerprint density at radius 3 is 2.61 bits per heavy atom. The zero-order chi connectivity index (χ0) is 13.3. The molecule has 0 radical (unpaired) electrons. The summed E-state index contributed by atoms with van der Waals surface area (Å²) in [6.07, 6.45) is 1.53. The summed E-state index contributed by atoms with van der Waals surface area (Å²) in [6.45, 7) is 7.35. The second-order valence-electron chi connectivity index (χ2n) is 5.36. The van der Waals surface area contributed by atoms with E-state index in [2.05, 4.69) is 54.2 Å². The average molecular weight is 312 g/mol. The zero-order valence-corrected chi connectivity index (χ0v) is 13.2. The lowest BCUT2D eigenvalue weighted by Gasteiger charge is -2.25. The lowest BCUT2D eigenvalue weighted by atomic mass is 9.88. The summed E-state index contributed by atoms with van der Waals surface area (Å²) in [5.41, 5.74) is 4.04. The highest BCUT2D eigenvalue weighted by molar-refractivity contribution is 9.10. The van der Waals surface area contributed by atoms with Gasteiger partial charge >= 0.3 is 0 Å². The molecule has 0 aliphatic carbocycles. The lowest BCUT2D eigenvalue weighted by molar-refractivity contribution is 0.117. The Bertz CT molecular complexity index is 433. The third kappa shape index (κ3) is 2.79. The van der Waals surface area contributed by atoms with Gasteiger partial charge in [0.1, 0.15) is 0 Å². The normalized spacial score (nSPS) is 25.4. The van der Waals surface area contributed by atoms with Crippen LogP contribution in [0.2, 0.25) is 0 Å². The summed E-state index contributed by atoms with van der Waals surface area (Å²) in [7, 11) is 2.05. The summed E-state index contributed by atoms with van der Waals surface area (Å²) in [4.78, 5) is 0. The fourth-order valence-corrected chi connectivity index (χ4v) is 3.32. The molecular weight excluding hydrogens is 290 g/mol. The van der Waals surface area contributed by atoms with E-state index in [9.17, 15) is 0 Å². The molecule has 0 saturated carbocycles. The Morgan fingerprint density at radius 2 is 2.06 bits per heavy atom. The van der Waals surface area contributed by atoms with Gasteiger partial charge in [-0.2, -0.15) is 0 Å². The molecule has 1 aliphatic heterocycles. The van der Waals surface area contributed by atoms with Crippen LogP contribution in [0.3, 0.4) is 0 Å². The molecule has 2 rings (SSSR count). The molecule has 3 atom stereocenters. The molecule has 2 nitrogen and oxygen atoms in total. The summed E-state index contributed by atoms with van der Waals surface area (Å²) in [5, 5.41) is 3.47. The third-order valence-electron chi connectivity index (χ3n) is 3.89. The number of hydrogen-bond donors (Lipinski definition) is 1. The highest BCUT2D eigenvalue weighted by Crippen LogP contribution is 2.34. The maximum absolute atomic E-state index is 5.71. The van der Waals surface area contributed by atoms with Crippen LogP contribution in [0.25, 0.3) is 0 Å². The first-order chi connectivity index (χ1) is 8.52. The minimum Gasteiger partial charge on any atom is -0.378 e. The number of halogens is 1. The first-order valence-corrected chi connectivity index (χ1v) is 7.37. The molecule has 1 aromatic rings. The molecule has 1 N–H and O–H groups in total. The zero-order valence-electron chi connectivity index (χ0n) is 11.6. The van der Waals surface area contributed by atoms with Gasteiger partial charge in [-0.1, -0.05) is 22.0 Å². The second-order valence-corrected chi connectivity index (χ2v) is 6.22. The standard InChI is InChI=1S/C15H22BrNO/c1-9-6-14(16)10(2)5-13(9)15(17-4)12-7-11(3)18-8-12/h5-6,11-12,15,17H,7-8H2,1-4H3. The molecule has 100 valence electrons. The molecule has 1 aliphatic rings. The SMILES string of the molecule is CNC(c1cc(C)c(Br)cc1C)C1COC(C)C1. The summed E-state index contributed by atoms with van der Waals surface area (Å²) >= 11 is 3.60. The van der Waals surface area contributed by atoms with Gasteiger partial charge in [-0.15, -0.1) is 0 Å². The Labute approximate surface area is 118 Å². The van der Waals surface area contributed by atoms with Crippen molar-refractivity contribution in [2.24, 2.45) is 5.92 Å². The van der Waals surface area contributed by atoms with Crippen LogP contribution >= 0.6 is 15.9 Å². The van der Waals surface area contributed by atoms with E-state index in [1.807, 2.05) is 7.05 Å². The predicted octanol–water partition coefficient (Wildman–Crippen LogP) is 3.75. The van der Waals surface area contributed by atoms with Gasteiger partial charge in [0.2, 0.25) is 0 Å². The molecule has 1 saturated heterocycles. The number of nitrogens with one attached hydrogen (secondary N) is 1. The van der Waals surface area contributed by atoms with Crippen LogP contribution in [0.5, 0.6) is 0 Å². The largest absolute Gasteiger partial charge is 0.378 e. The van der Waals surface area contributed by atoms with E-state index in [-0.39, 0.29) is 0 Å². The second kappa shape index (κ2) is 5.72. The molecule has 1 fully saturated rings.